The average Bonchev–Trinajstić information content (AvgIpc) is 2.14. The highest BCUT2D eigenvalue weighted by Gasteiger charge is 1.95. The van der Waals surface area contributed by atoms with Crippen LogP contribution >= 0.6 is 11.6 Å². The van der Waals surface area contributed by atoms with Gasteiger partial charge in [0.05, 0.1) is 0 Å². The van der Waals surface area contributed by atoms with Crippen molar-refractivity contribution in [1.82, 2.24) is 0 Å². The summed E-state index contributed by atoms with van der Waals surface area (Å²) >= 11 is 5.53. The summed E-state index contributed by atoms with van der Waals surface area (Å²) in [4.78, 5) is 0. The molecule has 0 saturated carbocycles. The van der Waals surface area contributed by atoms with Gasteiger partial charge in [0.2, 0.25) is 0 Å². The first-order chi connectivity index (χ1) is 6.35. The molecule has 0 aliphatic rings. The van der Waals surface area contributed by atoms with E-state index in [1.54, 1.807) is 0 Å². The second-order valence-electron chi connectivity index (χ2n) is 3.42. The van der Waals surface area contributed by atoms with Gasteiger partial charge < -0.3 is 0 Å². The summed E-state index contributed by atoms with van der Waals surface area (Å²) in [7, 11) is 0. The minimum Gasteiger partial charge on any atom is -0.109 e. The zero-order valence-corrected chi connectivity index (χ0v) is 9.66. The number of hydrogen-bond donors (Lipinski definition) is 0. The zero-order chi connectivity index (χ0) is 9.94. The van der Waals surface area contributed by atoms with Crippen LogP contribution in [-0.2, 0) is 0 Å². The van der Waals surface area contributed by atoms with Crippen molar-refractivity contribution in [2.24, 2.45) is 0 Å². The molecule has 13 heavy (non-hydrogen) atoms. The number of halogens is 1. The van der Waals surface area contributed by atoms with Gasteiger partial charge in [-0.25, -0.2) is 0 Å². The van der Waals surface area contributed by atoms with Crippen LogP contribution in [0.4, 0.5) is 0 Å². The van der Waals surface area contributed by atoms with Crippen molar-refractivity contribution < 1.29 is 0 Å². The van der Waals surface area contributed by atoms with Crippen molar-refractivity contribution in [3.8, 4) is 0 Å². The first kappa shape index (κ1) is 12.8. The molecule has 0 unspecified atom stereocenters. The van der Waals surface area contributed by atoms with E-state index in [2.05, 4.69) is 19.6 Å². The zero-order valence-electron chi connectivity index (χ0n) is 8.91. The lowest BCUT2D eigenvalue weighted by Crippen LogP contribution is -1.83. The Bertz CT molecular complexity index is 164. The minimum atomic E-state index is 1.17. The van der Waals surface area contributed by atoms with Gasteiger partial charge in [-0.2, -0.15) is 0 Å². The maximum absolute atomic E-state index is 5.53. The van der Waals surface area contributed by atoms with Crippen LogP contribution in [0.2, 0.25) is 0 Å². The minimum absolute atomic E-state index is 1.17. The van der Waals surface area contributed by atoms with Gasteiger partial charge in [-0.05, 0) is 31.3 Å². The van der Waals surface area contributed by atoms with Crippen LogP contribution in [-0.4, -0.2) is 0 Å². The SMILES string of the molecule is CCCCCC(=C=CCl)CCCC. The molecule has 0 rings (SSSR count). The Hall–Kier alpha value is -0.190. The lowest BCUT2D eigenvalue weighted by atomic mass is 10.0. The van der Waals surface area contributed by atoms with E-state index in [9.17, 15) is 0 Å². The highest BCUT2D eigenvalue weighted by molar-refractivity contribution is 6.25. The van der Waals surface area contributed by atoms with Gasteiger partial charge in [0.25, 0.3) is 0 Å². The van der Waals surface area contributed by atoms with Crippen molar-refractivity contribution in [1.29, 1.82) is 0 Å². The Morgan fingerprint density at radius 1 is 1.08 bits per heavy atom. The molecule has 0 spiro atoms. The van der Waals surface area contributed by atoms with E-state index in [4.69, 9.17) is 11.6 Å². The molecular weight excluding hydrogens is 180 g/mol. The molecule has 0 aliphatic carbocycles. The molecule has 0 atom stereocenters. The topological polar surface area (TPSA) is 0 Å². The summed E-state index contributed by atoms with van der Waals surface area (Å²) in [6, 6.07) is 0. The monoisotopic (exact) mass is 200 g/mol. The first-order valence-electron chi connectivity index (χ1n) is 5.38. The fourth-order valence-electron chi connectivity index (χ4n) is 1.33. The highest BCUT2D eigenvalue weighted by atomic mass is 35.5. The second-order valence-corrected chi connectivity index (χ2v) is 3.64. The number of rotatable bonds is 7. The van der Waals surface area contributed by atoms with Crippen LogP contribution in [0.3, 0.4) is 0 Å². The fraction of sp³-hybridized carbons (Fsp3) is 0.750. The molecule has 0 aromatic rings. The maximum Gasteiger partial charge on any atom is 0.0462 e. The quantitative estimate of drug-likeness (QED) is 0.399. The van der Waals surface area contributed by atoms with Crippen molar-refractivity contribution in [3.63, 3.8) is 0 Å². The Balaban J connectivity index is 3.75. The predicted octanol–water partition coefficient (Wildman–Crippen LogP) is 5.03. The van der Waals surface area contributed by atoms with Crippen LogP contribution < -0.4 is 0 Å². The van der Waals surface area contributed by atoms with Crippen molar-refractivity contribution in [2.45, 2.75) is 58.8 Å². The Kier molecular flexibility index (Phi) is 9.75. The molecule has 1 heteroatoms. The maximum atomic E-state index is 5.53. The summed E-state index contributed by atoms with van der Waals surface area (Å²) < 4.78 is 0. The van der Waals surface area contributed by atoms with E-state index >= 15 is 0 Å². The third-order valence-electron chi connectivity index (χ3n) is 2.17. The van der Waals surface area contributed by atoms with Crippen LogP contribution in [0, 0.1) is 0 Å². The Morgan fingerprint density at radius 3 is 2.23 bits per heavy atom. The van der Waals surface area contributed by atoms with Crippen LogP contribution in [0.25, 0.3) is 0 Å². The van der Waals surface area contributed by atoms with Gasteiger partial charge in [-0.1, -0.05) is 44.7 Å². The Labute approximate surface area is 87.7 Å². The van der Waals surface area contributed by atoms with Gasteiger partial charge in [-0.15, -0.1) is 5.73 Å². The predicted molar refractivity (Wildman–Crippen MR) is 61.1 cm³/mol. The fourth-order valence-corrected chi connectivity index (χ4v) is 1.48. The lowest BCUT2D eigenvalue weighted by molar-refractivity contribution is 0.679. The smallest absolute Gasteiger partial charge is 0.0462 e. The van der Waals surface area contributed by atoms with Crippen molar-refractivity contribution in [2.75, 3.05) is 0 Å². The van der Waals surface area contributed by atoms with Gasteiger partial charge in [-0.3, -0.25) is 0 Å². The largest absolute Gasteiger partial charge is 0.109 e. The van der Waals surface area contributed by atoms with Crippen LogP contribution in [0.15, 0.2) is 16.8 Å². The molecule has 0 heterocycles. The third-order valence-corrected chi connectivity index (χ3v) is 2.28. The van der Waals surface area contributed by atoms with Gasteiger partial charge in [0, 0.05) is 5.54 Å². The molecule has 0 aromatic heterocycles. The molecule has 0 saturated heterocycles. The van der Waals surface area contributed by atoms with E-state index in [-0.39, 0.29) is 0 Å². The van der Waals surface area contributed by atoms with Crippen LogP contribution in [0.1, 0.15) is 58.8 Å². The van der Waals surface area contributed by atoms with Crippen molar-refractivity contribution in [3.05, 3.63) is 16.8 Å². The molecule has 0 N–H and O–H groups in total. The number of hydrogen-bond acceptors (Lipinski definition) is 0. The average molecular weight is 201 g/mol. The van der Waals surface area contributed by atoms with E-state index in [0.717, 1.165) is 0 Å². The summed E-state index contributed by atoms with van der Waals surface area (Å²) in [5.41, 5.74) is 6.05. The molecule has 76 valence electrons. The molecule has 0 fully saturated rings. The molecule has 0 radical (unpaired) electrons. The van der Waals surface area contributed by atoms with Gasteiger partial charge in [0.1, 0.15) is 0 Å². The normalized spacial score (nSPS) is 9.46. The van der Waals surface area contributed by atoms with E-state index in [1.165, 1.54) is 56.1 Å². The van der Waals surface area contributed by atoms with Crippen LogP contribution in [0.5, 0.6) is 0 Å². The molecule has 0 amide bonds. The molecule has 0 bridgehead atoms. The standard InChI is InChI=1S/C12H21Cl/c1-3-5-7-9-12(10-11-13)8-6-4-2/h11H,3-9H2,1-2H3. The summed E-state index contributed by atoms with van der Waals surface area (Å²) in [6.07, 6.45) is 8.75. The second kappa shape index (κ2) is 9.89. The van der Waals surface area contributed by atoms with Gasteiger partial charge >= 0.3 is 0 Å². The summed E-state index contributed by atoms with van der Waals surface area (Å²) in [5, 5.41) is 0. The highest BCUT2D eigenvalue weighted by Crippen LogP contribution is 2.14. The summed E-state index contributed by atoms with van der Waals surface area (Å²) in [6.45, 7) is 4.45. The molecule has 0 nitrogen and oxygen atoms in total. The third kappa shape index (κ3) is 8.15. The first-order valence-corrected chi connectivity index (χ1v) is 5.81. The molecule has 0 aliphatic heterocycles. The molecule has 0 aromatic carbocycles. The van der Waals surface area contributed by atoms with E-state index in [1.807, 2.05) is 0 Å². The number of allylic oxidation sites excluding steroid dienone is 1. The number of unbranched alkanes of at least 4 members (excludes halogenated alkanes) is 3. The lowest BCUT2D eigenvalue weighted by Gasteiger charge is -2.02. The van der Waals surface area contributed by atoms with E-state index < -0.39 is 0 Å². The van der Waals surface area contributed by atoms with Gasteiger partial charge in [0.15, 0.2) is 0 Å². The molecular formula is C12H21Cl. The van der Waals surface area contributed by atoms with Crippen molar-refractivity contribution >= 4 is 11.6 Å². The van der Waals surface area contributed by atoms with E-state index in [0.29, 0.717) is 0 Å². The summed E-state index contributed by atoms with van der Waals surface area (Å²) in [5.74, 6) is 0. The Morgan fingerprint density at radius 2 is 1.69 bits per heavy atom.